The molecule has 1 saturated heterocycles. The van der Waals surface area contributed by atoms with Gasteiger partial charge in [0.05, 0.1) is 6.54 Å². The van der Waals surface area contributed by atoms with Crippen molar-refractivity contribution < 1.29 is 18.8 Å². The molecule has 0 spiro atoms. The van der Waals surface area contributed by atoms with E-state index in [-0.39, 0.29) is 42.9 Å². The number of amides is 3. The van der Waals surface area contributed by atoms with E-state index in [2.05, 4.69) is 5.32 Å². The maximum atomic E-state index is 12.9. The predicted octanol–water partition coefficient (Wildman–Crippen LogP) is 3.05. The van der Waals surface area contributed by atoms with Gasteiger partial charge in [0.25, 0.3) is 0 Å². The molecule has 1 aliphatic rings. The molecule has 5 nitrogen and oxygen atoms in total. The van der Waals surface area contributed by atoms with Crippen molar-refractivity contribution in [3.05, 3.63) is 65.5 Å². The summed E-state index contributed by atoms with van der Waals surface area (Å²) in [5.41, 5.74) is 2.38. The molecule has 0 unspecified atom stereocenters. The first-order valence-corrected chi connectivity index (χ1v) is 8.48. The summed E-state index contributed by atoms with van der Waals surface area (Å²) in [6.45, 7) is 0.260. The third kappa shape index (κ3) is 4.53. The van der Waals surface area contributed by atoms with Gasteiger partial charge in [0.1, 0.15) is 5.82 Å². The number of nitrogens with one attached hydrogen (secondary N) is 1. The number of hydrogen-bond donors (Lipinski definition) is 1. The average molecular weight is 354 g/mol. The van der Waals surface area contributed by atoms with Crippen molar-refractivity contribution in [2.24, 2.45) is 0 Å². The smallest absolute Gasteiger partial charge is 0.229 e. The molecule has 2 aromatic carbocycles. The fourth-order valence-electron chi connectivity index (χ4n) is 2.81. The Balaban J connectivity index is 1.50. The van der Waals surface area contributed by atoms with Gasteiger partial charge in [-0.1, -0.05) is 24.3 Å². The number of imide groups is 1. The normalized spacial score (nSPS) is 14.0. The van der Waals surface area contributed by atoms with Gasteiger partial charge >= 0.3 is 0 Å². The molecule has 0 saturated carbocycles. The zero-order valence-corrected chi connectivity index (χ0v) is 14.2. The molecule has 0 bridgehead atoms. The van der Waals surface area contributed by atoms with E-state index in [1.807, 2.05) is 0 Å². The van der Waals surface area contributed by atoms with Crippen molar-refractivity contribution in [1.82, 2.24) is 4.90 Å². The summed E-state index contributed by atoms with van der Waals surface area (Å²) < 4.78 is 12.9. The molecular formula is C20H19FN2O3. The van der Waals surface area contributed by atoms with Crippen LogP contribution in [0.4, 0.5) is 10.1 Å². The molecule has 1 fully saturated rings. The first-order chi connectivity index (χ1) is 12.5. The molecule has 134 valence electrons. The number of anilines is 1. The largest absolute Gasteiger partial charge is 0.326 e. The van der Waals surface area contributed by atoms with E-state index in [0.717, 1.165) is 11.1 Å². The van der Waals surface area contributed by atoms with Crippen LogP contribution >= 0.6 is 0 Å². The van der Waals surface area contributed by atoms with Gasteiger partial charge in [0, 0.05) is 24.9 Å². The topological polar surface area (TPSA) is 66.5 Å². The third-order valence-electron chi connectivity index (χ3n) is 4.29. The van der Waals surface area contributed by atoms with E-state index >= 15 is 0 Å². The van der Waals surface area contributed by atoms with E-state index in [0.29, 0.717) is 18.5 Å². The van der Waals surface area contributed by atoms with Crippen molar-refractivity contribution in [2.45, 2.75) is 32.2 Å². The SMILES string of the molecule is O=C(CCc1ccc(F)cc1)Nc1ccc(CN2C(=O)CCC2=O)cc1. The molecule has 1 N–H and O–H groups in total. The maximum absolute atomic E-state index is 12.9. The minimum Gasteiger partial charge on any atom is -0.326 e. The van der Waals surface area contributed by atoms with Crippen LogP contribution in [0.5, 0.6) is 0 Å². The molecule has 0 aromatic heterocycles. The van der Waals surface area contributed by atoms with Crippen molar-refractivity contribution in [3.8, 4) is 0 Å². The van der Waals surface area contributed by atoms with Gasteiger partial charge in [-0.25, -0.2) is 4.39 Å². The summed E-state index contributed by atoms with van der Waals surface area (Å²) in [5.74, 6) is -0.719. The number of halogens is 1. The van der Waals surface area contributed by atoms with Crippen LogP contribution in [0.1, 0.15) is 30.4 Å². The van der Waals surface area contributed by atoms with Crippen LogP contribution in [0, 0.1) is 5.82 Å². The summed E-state index contributed by atoms with van der Waals surface area (Å²) in [4.78, 5) is 36.6. The van der Waals surface area contributed by atoms with Gasteiger partial charge in [0.2, 0.25) is 17.7 Å². The lowest BCUT2D eigenvalue weighted by molar-refractivity contribution is -0.139. The fraction of sp³-hybridized carbons (Fsp3) is 0.250. The van der Waals surface area contributed by atoms with Crippen molar-refractivity contribution in [1.29, 1.82) is 0 Å². The number of likely N-dealkylation sites (tertiary alicyclic amines) is 1. The molecular weight excluding hydrogens is 335 g/mol. The average Bonchev–Trinajstić information content (AvgIpc) is 2.95. The first-order valence-electron chi connectivity index (χ1n) is 8.48. The molecule has 1 heterocycles. The quantitative estimate of drug-likeness (QED) is 0.811. The Bertz CT molecular complexity index is 800. The molecule has 6 heteroatoms. The molecule has 1 aliphatic heterocycles. The van der Waals surface area contributed by atoms with E-state index in [4.69, 9.17) is 0 Å². The Morgan fingerprint density at radius 1 is 0.923 bits per heavy atom. The van der Waals surface area contributed by atoms with Crippen LogP contribution in [0.25, 0.3) is 0 Å². The summed E-state index contributed by atoms with van der Waals surface area (Å²) in [6, 6.07) is 13.1. The van der Waals surface area contributed by atoms with Crippen LogP contribution in [-0.2, 0) is 27.3 Å². The van der Waals surface area contributed by atoms with Gasteiger partial charge in [-0.05, 0) is 41.8 Å². The number of nitrogens with zero attached hydrogens (tertiary/aromatic N) is 1. The standard InChI is InChI=1S/C20H19FN2O3/c21-16-6-1-14(2-7-16)5-10-18(24)22-17-8-3-15(4-9-17)13-23-19(25)11-12-20(23)26/h1-4,6-9H,5,10-13H2,(H,22,24). The molecule has 3 rings (SSSR count). The first kappa shape index (κ1) is 17.8. The van der Waals surface area contributed by atoms with Gasteiger partial charge in [0.15, 0.2) is 0 Å². The predicted molar refractivity (Wildman–Crippen MR) is 94.6 cm³/mol. The van der Waals surface area contributed by atoms with Gasteiger partial charge in [-0.3, -0.25) is 19.3 Å². The van der Waals surface area contributed by atoms with Crippen LogP contribution < -0.4 is 5.32 Å². The van der Waals surface area contributed by atoms with E-state index in [1.54, 1.807) is 36.4 Å². The molecule has 3 amide bonds. The maximum Gasteiger partial charge on any atom is 0.229 e. The summed E-state index contributed by atoms with van der Waals surface area (Å²) >= 11 is 0. The van der Waals surface area contributed by atoms with E-state index in [1.165, 1.54) is 17.0 Å². The van der Waals surface area contributed by atoms with Crippen LogP contribution in [0.15, 0.2) is 48.5 Å². The van der Waals surface area contributed by atoms with E-state index < -0.39 is 0 Å². The summed E-state index contributed by atoms with van der Waals surface area (Å²) in [6.07, 6.45) is 1.38. The molecule has 0 atom stereocenters. The second-order valence-corrected chi connectivity index (χ2v) is 6.25. The molecule has 0 radical (unpaired) electrons. The Hall–Kier alpha value is -3.02. The number of rotatable bonds is 6. The third-order valence-corrected chi connectivity index (χ3v) is 4.29. The number of aryl methyl sites for hydroxylation is 1. The number of carbonyl (C=O) groups excluding carboxylic acids is 3. The monoisotopic (exact) mass is 354 g/mol. The molecule has 2 aromatic rings. The highest BCUT2D eigenvalue weighted by Gasteiger charge is 2.28. The highest BCUT2D eigenvalue weighted by atomic mass is 19.1. The molecule has 0 aliphatic carbocycles. The number of carbonyl (C=O) groups is 3. The van der Waals surface area contributed by atoms with E-state index in [9.17, 15) is 18.8 Å². The van der Waals surface area contributed by atoms with Gasteiger partial charge in [-0.2, -0.15) is 0 Å². The number of benzene rings is 2. The van der Waals surface area contributed by atoms with Gasteiger partial charge in [-0.15, -0.1) is 0 Å². The fourth-order valence-corrected chi connectivity index (χ4v) is 2.81. The lowest BCUT2D eigenvalue weighted by Gasteiger charge is -2.14. The van der Waals surface area contributed by atoms with Crippen molar-refractivity contribution in [3.63, 3.8) is 0 Å². The Morgan fingerprint density at radius 3 is 2.12 bits per heavy atom. The second kappa shape index (κ2) is 7.91. The zero-order chi connectivity index (χ0) is 18.5. The van der Waals surface area contributed by atoms with Crippen LogP contribution in [0.2, 0.25) is 0 Å². The lowest BCUT2D eigenvalue weighted by Crippen LogP contribution is -2.28. The zero-order valence-electron chi connectivity index (χ0n) is 14.2. The Morgan fingerprint density at radius 2 is 1.50 bits per heavy atom. The minimum atomic E-state index is -0.296. The highest BCUT2D eigenvalue weighted by Crippen LogP contribution is 2.17. The molecule has 26 heavy (non-hydrogen) atoms. The second-order valence-electron chi connectivity index (χ2n) is 6.25. The Labute approximate surface area is 150 Å². The number of hydrogen-bond acceptors (Lipinski definition) is 3. The summed E-state index contributed by atoms with van der Waals surface area (Å²) in [7, 11) is 0. The van der Waals surface area contributed by atoms with Crippen molar-refractivity contribution in [2.75, 3.05) is 5.32 Å². The minimum absolute atomic E-state index is 0.132. The van der Waals surface area contributed by atoms with Crippen LogP contribution in [-0.4, -0.2) is 22.6 Å². The summed E-state index contributed by atoms with van der Waals surface area (Å²) in [5, 5.41) is 2.80. The van der Waals surface area contributed by atoms with Gasteiger partial charge < -0.3 is 5.32 Å². The Kier molecular flexibility index (Phi) is 5.41. The van der Waals surface area contributed by atoms with Crippen LogP contribution in [0.3, 0.4) is 0 Å². The van der Waals surface area contributed by atoms with Crippen molar-refractivity contribution >= 4 is 23.4 Å². The highest BCUT2D eigenvalue weighted by molar-refractivity contribution is 6.01. The lowest BCUT2D eigenvalue weighted by atomic mass is 10.1.